The fourth-order valence-corrected chi connectivity index (χ4v) is 2.72. The number of aryl methyl sites for hydroxylation is 1. The first kappa shape index (κ1) is 11.0. The van der Waals surface area contributed by atoms with Gasteiger partial charge in [0.1, 0.15) is 0 Å². The third-order valence-electron chi connectivity index (χ3n) is 3.03. The highest BCUT2D eigenvalue weighted by Gasteiger charge is 2.13. The van der Waals surface area contributed by atoms with Crippen LogP contribution in [0.15, 0.2) is 12.1 Å². The maximum Gasteiger partial charge on any atom is 0.0443 e. The van der Waals surface area contributed by atoms with Gasteiger partial charge in [-0.15, -0.1) is 0 Å². The molecule has 0 saturated carbocycles. The van der Waals surface area contributed by atoms with Gasteiger partial charge in [0, 0.05) is 11.1 Å². The van der Waals surface area contributed by atoms with Crippen LogP contribution in [0.3, 0.4) is 0 Å². The van der Waals surface area contributed by atoms with Gasteiger partial charge in [0.05, 0.1) is 0 Å². The summed E-state index contributed by atoms with van der Waals surface area (Å²) in [5, 5.41) is 0.947. The minimum Gasteiger partial charge on any atom is -0.328 e. The number of fused-ring (bicyclic) bond motifs is 1. The third kappa shape index (κ3) is 2.53. The minimum atomic E-state index is 0.211. The van der Waals surface area contributed by atoms with E-state index < -0.39 is 0 Å². The predicted molar refractivity (Wildman–Crippen MR) is 65.4 cm³/mol. The van der Waals surface area contributed by atoms with Crippen molar-refractivity contribution in [3.8, 4) is 0 Å². The van der Waals surface area contributed by atoms with Crippen LogP contribution >= 0.6 is 11.6 Å². The maximum absolute atomic E-state index is 6.29. The van der Waals surface area contributed by atoms with Gasteiger partial charge in [0.25, 0.3) is 0 Å². The summed E-state index contributed by atoms with van der Waals surface area (Å²) in [5.74, 6) is 0. The van der Waals surface area contributed by atoms with Gasteiger partial charge in [-0.25, -0.2) is 0 Å². The zero-order valence-corrected chi connectivity index (χ0v) is 9.98. The van der Waals surface area contributed by atoms with Crippen molar-refractivity contribution in [1.82, 2.24) is 0 Å². The second-order valence-corrected chi connectivity index (χ2v) is 5.01. The number of hydrogen-bond donors (Lipinski definition) is 1. The first-order chi connectivity index (χ1) is 7.16. The van der Waals surface area contributed by atoms with E-state index in [0.29, 0.717) is 0 Å². The number of hydrogen-bond acceptors (Lipinski definition) is 1. The summed E-state index contributed by atoms with van der Waals surface area (Å²) >= 11 is 6.29. The van der Waals surface area contributed by atoms with E-state index in [4.69, 9.17) is 17.3 Å². The molecule has 1 nitrogen and oxygen atoms in total. The molecular formula is C13H18ClN. The Hall–Kier alpha value is -0.530. The Kier molecular flexibility index (Phi) is 3.32. The van der Waals surface area contributed by atoms with Crippen LogP contribution in [0.5, 0.6) is 0 Å². The minimum absolute atomic E-state index is 0.211. The van der Waals surface area contributed by atoms with Crippen molar-refractivity contribution >= 4 is 11.6 Å². The predicted octanol–water partition coefficient (Wildman–Crippen LogP) is 3.11. The fraction of sp³-hybridized carbons (Fsp3) is 0.538. The second-order valence-electron chi connectivity index (χ2n) is 4.60. The van der Waals surface area contributed by atoms with E-state index in [1.165, 1.54) is 36.0 Å². The average molecular weight is 224 g/mol. The van der Waals surface area contributed by atoms with E-state index in [9.17, 15) is 0 Å². The van der Waals surface area contributed by atoms with Gasteiger partial charge >= 0.3 is 0 Å². The van der Waals surface area contributed by atoms with Crippen molar-refractivity contribution in [2.24, 2.45) is 5.73 Å². The van der Waals surface area contributed by atoms with Crippen molar-refractivity contribution in [3.63, 3.8) is 0 Å². The van der Waals surface area contributed by atoms with Gasteiger partial charge in [-0.3, -0.25) is 0 Å². The van der Waals surface area contributed by atoms with E-state index >= 15 is 0 Å². The van der Waals surface area contributed by atoms with Crippen LogP contribution < -0.4 is 5.73 Å². The van der Waals surface area contributed by atoms with Crippen molar-refractivity contribution in [1.29, 1.82) is 0 Å². The molecule has 0 aromatic heterocycles. The summed E-state index contributed by atoms with van der Waals surface area (Å²) < 4.78 is 0. The molecule has 82 valence electrons. The Morgan fingerprint density at radius 1 is 1.33 bits per heavy atom. The highest BCUT2D eigenvalue weighted by molar-refractivity contribution is 6.31. The lowest BCUT2D eigenvalue weighted by molar-refractivity contribution is 0.680. The molecule has 0 spiro atoms. The number of benzene rings is 1. The summed E-state index contributed by atoms with van der Waals surface area (Å²) in [4.78, 5) is 0. The molecule has 15 heavy (non-hydrogen) atoms. The largest absolute Gasteiger partial charge is 0.328 e. The number of halogens is 1. The van der Waals surface area contributed by atoms with Crippen LogP contribution in [0.1, 0.15) is 36.5 Å². The number of rotatable bonds is 2. The molecule has 0 saturated heterocycles. The summed E-state index contributed by atoms with van der Waals surface area (Å²) in [6.45, 7) is 2.04. The Labute approximate surface area is 96.6 Å². The van der Waals surface area contributed by atoms with Crippen molar-refractivity contribution in [3.05, 3.63) is 33.8 Å². The van der Waals surface area contributed by atoms with Gasteiger partial charge in [-0.1, -0.05) is 17.7 Å². The topological polar surface area (TPSA) is 26.0 Å². The molecule has 0 fully saturated rings. The van der Waals surface area contributed by atoms with Crippen LogP contribution in [-0.2, 0) is 19.3 Å². The lowest BCUT2D eigenvalue weighted by atomic mass is 9.89. The molecule has 0 bridgehead atoms. The summed E-state index contributed by atoms with van der Waals surface area (Å²) in [6, 6.07) is 4.60. The Morgan fingerprint density at radius 2 is 2.07 bits per heavy atom. The fourth-order valence-electron chi connectivity index (χ4n) is 2.37. The molecule has 1 aromatic carbocycles. The Balaban J connectivity index is 2.32. The van der Waals surface area contributed by atoms with Crippen LogP contribution in [0, 0.1) is 0 Å². The van der Waals surface area contributed by atoms with E-state index in [1.54, 1.807) is 0 Å². The molecule has 1 aliphatic rings. The van der Waals surface area contributed by atoms with Crippen molar-refractivity contribution < 1.29 is 0 Å². The van der Waals surface area contributed by atoms with E-state index in [-0.39, 0.29) is 6.04 Å². The molecular weight excluding hydrogens is 206 g/mol. The smallest absolute Gasteiger partial charge is 0.0443 e. The summed E-state index contributed by atoms with van der Waals surface area (Å²) in [7, 11) is 0. The maximum atomic E-state index is 6.29. The van der Waals surface area contributed by atoms with Crippen LogP contribution in [0.2, 0.25) is 5.02 Å². The summed E-state index contributed by atoms with van der Waals surface area (Å²) in [5.41, 5.74) is 9.92. The van der Waals surface area contributed by atoms with Gasteiger partial charge in [0.15, 0.2) is 0 Å². The molecule has 2 heteroatoms. The van der Waals surface area contributed by atoms with Crippen LogP contribution in [0.4, 0.5) is 0 Å². The first-order valence-electron chi connectivity index (χ1n) is 5.72. The molecule has 2 rings (SSSR count). The van der Waals surface area contributed by atoms with E-state index in [2.05, 4.69) is 12.1 Å². The molecule has 1 unspecified atom stereocenters. The second kappa shape index (κ2) is 4.54. The van der Waals surface area contributed by atoms with E-state index in [0.717, 1.165) is 17.9 Å². The SMILES string of the molecule is CC(N)Cc1cc(Cl)c2c(c1)CCCC2. The third-order valence-corrected chi connectivity index (χ3v) is 3.37. The van der Waals surface area contributed by atoms with Crippen LogP contribution in [0.25, 0.3) is 0 Å². The molecule has 1 aromatic rings. The molecule has 0 heterocycles. The molecule has 0 radical (unpaired) electrons. The highest BCUT2D eigenvalue weighted by atomic mass is 35.5. The highest BCUT2D eigenvalue weighted by Crippen LogP contribution is 2.29. The van der Waals surface area contributed by atoms with Gasteiger partial charge in [-0.05, 0) is 61.8 Å². The van der Waals surface area contributed by atoms with Crippen LogP contribution in [-0.4, -0.2) is 6.04 Å². The standard InChI is InChI=1S/C13H18ClN/c1-9(15)6-10-7-11-4-2-3-5-12(11)13(14)8-10/h7-9H,2-6,15H2,1H3. The monoisotopic (exact) mass is 223 g/mol. The lowest BCUT2D eigenvalue weighted by Gasteiger charge is -2.19. The van der Waals surface area contributed by atoms with Gasteiger partial charge < -0.3 is 5.73 Å². The van der Waals surface area contributed by atoms with Crippen molar-refractivity contribution in [2.45, 2.75) is 45.1 Å². The zero-order chi connectivity index (χ0) is 10.8. The van der Waals surface area contributed by atoms with E-state index in [1.807, 2.05) is 6.92 Å². The molecule has 2 N–H and O–H groups in total. The average Bonchev–Trinajstić information content (AvgIpc) is 2.16. The first-order valence-corrected chi connectivity index (χ1v) is 6.10. The Bertz CT molecular complexity index is 358. The zero-order valence-electron chi connectivity index (χ0n) is 9.22. The summed E-state index contributed by atoms with van der Waals surface area (Å²) in [6.07, 6.45) is 5.83. The number of nitrogens with two attached hydrogens (primary N) is 1. The molecule has 1 aliphatic carbocycles. The van der Waals surface area contributed by atoms with Gasteiger partial charge in [0.2, 0.25) is 0 Å². The van der Waals surface area contributed by atoms with Gasteiger partial charge in [-0.2, -0.15) is 0 Å². The Morgan fingerprint density at radius 3 is 2.80 bits per heavy atom. The quantitative estimate of drug-likeness (QED) is 0.819. The molecule has 0 aliphatic heterocycles. The molecule has 0 amide bonds. The lowest BCUT2D eigenvalue weighted by Crippen LogP contribution is -2.18. The van der Waals surface area contributed by atoms with Crippen molar-refractivity contribution in [2.75, 3.05) is 0 Å². The normalized spacial score (nSPS) is 17.3. The molecule has 1 atom stereocenters.